The van der Waals surface area contributed by atoms with Gasteiger partial charge in [0.25, 0.3) is 0 Å². The minimum atomic E-state index is -0.633. The van der Waals surface area contributed by atoms with Crippen LogP contribution >= 0.6 is 36.2 Å². The van der Waals surface area contributed by atoms with Gasteiger partial charge < -0.3 is 11.1 Å². The Morgan fingerprint density at radius 1 is 1.33 bits per heavy atom. The topological polar surface area (TPSA) is 68.0 Å². The van der Waals surface area contributed by atoms with Gasteiger partial charge in [-0.05, 0) is 12.0 Å². The van der Waals surface area contributed by atoms with E-state index in [9.17, 15) is 4.79 Å². The van der Waals surface area contributed by atoms with Crippen LogP contribution < -0.4 is 11.1 Å². The molecule has 4 nitrogen and oxygen atoms in total. The molecule has 3 N–H and O–H groups in total. The number of benzene rings is 1. The number of aryl methyl sites for hydroxylation is 1. The molecule has 1 atom stereocenters. The lowest BCUT2D eigenvalue weighted by Gasteiger charge is -2.11. The molecule has 21 heavy (non-hydrogen) atoms. The lowest BCUT2D eigenvalue weighted by molar-refractivity contribution is -0.122. The third-order valence-corrected chi connectivity index (χ3v) is 3.95. The zero-order valence-electron chi connectivity index (χ0n) is 11.6. The Balaban J connectivity index is 0.00000200. The van der Waals surface area contributed by atoms with E-state index in [2.05, 4.69) is 17.2 Å². The normalized spacial score (nSPS) is 11.0. The molecule has 2 rings (SSSR count). The molecular weight excluding hydrogens is 329 g/mol. The number of hydrogen-bond donors (Lipinski definition) is 2. The fourth-order valence-corrected chi connectivity index (χ4v) is 2.48. The number of nitrogens with zero attached hydrogens (tertiary/aromatic N) is 1. The Hall–Kier alpha value is -1.14. The standard InChI is InChI=1S/C14H17N3OS.2ClH/c1-2-11-8-16-12(19-11)9-17-14(18)13(15)10-6-4-3-5-7-10;;/h3-8,13H,2,9,15H2,1H3,(H,17,18);2*1H. The van der Waals surface area contributed by atoms with Gasteiger partial charge in [-0.15, -0.1) is 36.2 Å². The van der Waals surface area contributed by atoms with Crippen molar-refractivity contribution >= 4 is 42.1 Å². The molecular formula is C14H19Cl2N3OS. The predicted molar refractivity (Wildman–Crippen MR) is 91.2 cm³/mol. The highest BCUT2D eigenvalue weighted by molar-refractivity contribution is 7.11. The van der Waals surface area contributed by atoms with Crippen molar-refractivity contribution in [3.05, 3.63) is 52.0 Å². The zero-order chi connectivity index (χ0) is 13.7. The summed E-state index contributed by atoms with van der Waals surface area (Å²) in [5.74, 6) is -0.181. The first kappa shape index (κ1) is 19.9. The number of amides is 1. The van der Waals surface area contributed by atoms with Crippen molar-refractivity contribution in [2.24, 2.45) is 5.73 Å². The third-order valence-electron chi connectivity index (χ3n) is 2.80. The summed E-state index contributed by atoms with van der Waals surface area (Å²) < 4.78 is 0. The van der Waals surface area contributed by atoms with Crippen molar-refractivity contribution in [3.8, 4) is 0 Å². The maximum absolute atomic E-state index is 11.9. The number of carbonyl (C=O) groups excluding carboxylic acids is 1. The molecule has 7 heteroatoms. The van der Waals surface area contributed by atoms with E-state index in [-0.39, 0.29) is 30.7 Å². The molecule has 1 unspecified atom stereocenters. The number of halogens is 2. The van der Waals surface area contributed by atoms with Crippen molar-refractivity contribution < 1.29 is 4.79 Å². The Kier molecular flexibility index (Phi) is 9.21. The molecule has 116 valence electrons. The summed E-state index contributed by atoms with van der Waals surface area (Å²) in [5, 5.41) is 3.73. The van der Waals surface area contributed by atoms with Crippen molar-refractivity contribution in [2.45, 2.75) is 25.9 Å². The highest BCUT2D eigenvalue weighted by atomic mass is 35.5. The second-order valence-corrected chi connectivity index (χ2v) is 5.38. The van der Waals surface area contributed by atoms with Gasteiger partial charge in [0, 0.05) is 11.1 Å². The smallest absolute Gasteiger partial charge is 0.241 e. The van der Waals surface area contributed by atoms with Crippen LogP contribution in [0.5, 0.6) is 0 Å². The van der Waals surface area contributed by atoms with Gasteiger partial charge in [-0.2, -0.15) is 0 Å². The average molecular weight is 348 g/mol. The molecule has 0 radical (unpaired) electrons. The maximum atomic E-state index is 11.9. The lowest BCUT2D eigenvalue weighted by Crippen LogP contribution is -2.33. The largest absolute Gasteiger partial charge is 0.348 e. The van der Waals surface area contributed by atoms with Gasteiger partial charge in [0.15, 0.2) is 0 Å². The van der Waals surface area contributed by atoms with Crippen LogP contribution in [0.25, 0.3) is 0 Å². The molecule has 0 spiro atoms. The molecule has 0 bridgehead atoms. The van der Waals surface area contributed by atoms with Crippen LogP contribution in [0.15, 0.2) is 36.5 Å². The summed E-state index contributed by atoms with van der Waals surface area (Å²) >= 11 is 1.62. The number of carbonyl (C=O) groups is 1. The number of nitrogens with two attached hydrogens (primary N) is 1. The van der Waals surface area contributed by atoms with Crippen molar-refractivity contribution in [3.63, 3.8) is 0 Å². The molecule has 1 amide bonds. The number of hydrogen-bond acceptors (Lipinski definition) is 4. The van der Waals surface area contributed by atoms with E-state index >= 15 is 0 Å². The van der Waals surface area contributed by atoms with Gasteiger partial charge in [-0.25, -0.2) is 4.98 Å². The maximum Gasteiger partial charge on any atom is 0.241 e. The van der Waals surface area contributed by atoms with Gasteiger partial charge in [-0.3, -0.25) is 4.79 Å². The van der Waals surface area contributed by atoms with E-state index in [0.717, 1.165) is 17.0 Å². The van der Waals surface area contributed by atoms with Crippen molar-refractivity contribution in [1.82, 2.24) is 10.3 Å². The van der Waals surface area contributed by atoms with Crippen LogP contribution in [-0.4, -0.2) is 10.9 Å². The van der Waals surface area contributed by atoms with E-state index in [4.69, 9.17) is 5.73 Å². The molecule has 1 aromatic heterocycles. The number of thiazole rings is 1. The first-order valence-corrected chi connectivity index (χ1v) is 7.04. The zero-order valence-corrected chi connectivity index (χ0v) is 14.1. The summed E-state index contributed by atoms with van der Waals surface area (Å²) in [6.45, 7) is 2.52. The lowest BCUT2D eigenvalue weighted by atomic mass is 10.1. The predicted octanol–water partition coefficient (Wildman–Crippen LogP) is 2.87. The Morgan fingerprint density at radius 3 is 2.57 bits per heavy atom. The van der Waals surface area contributed by atoms with Crippen LogP contribution in [-0.2, 0) is 17.8 Å². The monoisotopic (exact) mass is 347 g/mol. The third kappa shape index (κ3) is 5.63. The first-order valence-electron chi connectivity index (χ1n) is 6.22. The SMILES string of the molecule is CCc1cnc(CNC(=O)C(N)c2ccccc2)s1.Cl.Cl. The Bertz CT molecular complexity index is 548. The van der Waals surface area contributed by atoms with E-state index in [0.29, 0.717) is 6.54 Å². The summed E-state index contributed by atoms with van der Waals surface area (Å²) in [6, 6.07) is 8.71. The molecule has 1 heterocycles. The molecule has 0 saturated heterocycles. The summed E-state index contributed by atoms with van der Waals surface area (Å²) in [5.41, 5.74) is 6.72. The average Bonchev–Trinajstić information content (AvgIpc) is 2.93. The first-order chi connectivity index (χ1) is 9.20. The van der Waals surface area contributed by atoms with E-state index in [1.807, 2.05) is 36.5 Å². The van der Waals surface area contributed by atoms with Crippen molar-refractivity contribution in [2.75, 3.05) is 0 Å². The molecule has 0 saturated carbocycles. The fourth-order valence-electron chi connectivity index (χ4n) is 1.68. The quantitative estimate of drug-likeness (QED) is 0.873. The van der Waals surface area contributed by atoms with Crippen molar-refractivity contribution in [1.29, 1.82) is 0 Å². The van der Waals surface area contributed by atoms with Crippen LogP contribution in [0.2, 0.25) is 0 Å². The van der Waals surface area contributed by atoms with Gasteiger partial charge in [0.1, 0.15) is 11.0 Å². The van der Waals surface area contributed by atoms with E-state index < -0.39 is 6.04 Å². The van der Waals surface area contributed by atoms with Crippen LogP contribution in [0.1, 0.15) is 28.4 Å². The Labute approximate surface area is 141 Å². The summed E-state index contributed by atoms with van der Waals surface area (Å²) in [6.07, 6.45) is 2.82. The van der Waals surface area contributed by atoms with Crippen LogP contribution in [0.3, 0.4) is 0 Å². The highest BCUT2D eigenvalue weighted by Crippen LogP contribution is 2.14. The summed E-state index contributed by atoms with van der Waals surface area (Å²) in [4.78, 5) is 17.4. The number of rotatable bonds is 5. The molecule has 0 fully saturated rings. The van der Waals surface area contributed by atoms with E-state index in [1.165, 1.54) is 4.88 Å². The molecule has 0 aliphatic heterocycles. The highest BCUT2D eigenvalue weighted by Gasteiger charge is 2.15. The molecule has 1 aromatic carbocycles. The van der Waals surface area contributed by atoms with Gasteiger partial charge in [0.2, 0.25) is 5.91 Å². The Morgan fingerprint density at radius 2 is 2.00 bits per heavy atom. The molecule has 2 aromatic rings. The second-order valence-electron chi connectivity index (χ2n) is 4.18. The molecule has 0 aliphatic carbocycles. The van der Waals surface area contributed by atoms with Gasteiger partial charge >= 0.3 is 0 Å². The van der Waals surface area contributed by atoms with Gasteiger partial charge in [-0.1, -0.05) is 37.3 Å². The number of nitrogens with one attached hydrogen (secondary N) is 1. The van der Waals surface area contributed by atoms with Crippen LogP contribution in [0, 0.1) is 0 Å². The fraction of sp³-hybridized carbons (Fsp3) is 0.286. The van der Waals surface area contributed by atoms with E-state index in [1.54, 1.807) is 11.3 Å². The minimum absolute atomic E-state index is 0. The number of aromatic nitrogens is 1. The van der Waals surface area contributed by atoms with Gasteiger partial charge in [0.05, 0.1) is 6.54 Å². The summed E-state index contributed by atoms with van der Waals surface area (Å²) in [7, 11) is 0. The minimum Gasteiger partial charge on any atom is -0.348 e. The van der Waals surface area contributed by atoms with Crippen LogP contribution in [0.4, 0.5) is 0 Å². The molecule has 0 aliphatic rings. The second kappa shape index (κ2) is 9.73.